The summed E-state index contributed by atoms with van der Waals surface area (Å²) in [4.78, 5) is 9.46. The fourth-order valence-electron chi connectivity index (χ4n) is 4.92. The van der Waals surface area contributed by atoms with Crippen LogP contribution < -0.4 is 0 Å². The van der Waals surface area contributed by atoms with E-state index in [4.69, 9.17) is 0 Å². The molecule has 1 heterocycles. The van der Waals surface area contributed by atoms with Crippen molar-refractivity contribution in [2.75, 3.05) is 56.4 Å². The minimum atomic E-state index is -1.46. The molecule has 1 aliphatic heterocycles. The maximum atomic E-state index is 2.98. The van der Waals surface area contributed by atoms with Gasteiger partial charge in [-0.25, -0.2) is 0 Å². The summed E-state index contributed by atoms with van der Waals surface area (Å²) in [6.07, 6.45) is 0. The lowest BCUT2D eigenvalue weighted by Gasteiger charge is -2.45. The van der Waals surface area contributed by atoms with Crippen LogP contribution in [0.3, 0.4) is 0 Å². The molecule has 0 aromatic rings. The van der Waals surface area contributed by atoms with Gasteiger partial charge in [0.2, 0.25) is 0 Å². The van der Waals surface area contributed by atoms with Crippen molar-refractivity contribution in [3.05, 3.63) is 10.7 Å². The summed E-state index contributed by atoms with van der Waals surface area (Å²) in [6.45, 7) is 16.3. The Morgan fingerprint density at radius 3 is 0.923 bits per heavy atom. The van der Waals surface area contributed by atoms with Crippen molar-refractivity contribution in [3.8, 4) is 0 Å². The molecule has 0 fully saturated rings. The third kappa shape index (κ3) is 5.15. The third-order valence-corrected chi connectivity index (χ3v) is 12.5. The van der Waals surface area contributed by atoms with Crippen LogP contribution in [0.2, 0.25) is 39.3 Å². The first-order chi connectivity index (χ1) is 11.5. The van der Waals surface area contributed by atoms with Gasteiger partial charge in [-0.15, -0.1) is 0 Å². The quantitative estimate of drug-likeness (QED) is 0.553. The van der Waals surface area contributed by atoms with Gasteiger partial charge in [0, 0.05) is 0 Å². The Balaban J connectivity index is 3.52. The maximum Gasteiger partial charge on any atom is 0.332 e. The molecule has 1 aliphatic rings. The van der Waals surface area contributed by atoms with E-state index >= 15 is 0 Å². The molecule has 0 aromatic heterocycles. The van der Waals surface area contributed by atoms with Crippen LogP contribution >= 0.6 is 0 Å². The molecule has 148 valence electrons. The number of rotatable bonds is 9. The third-order valence-electron chi connectivity index (χ3n) is 5.06. The summed E-state index contributed by atoms with van der Waals surface area (Å²) in [5.74, 6) is 0. The molecule has 0 N–H and O–H groups in total. The van der Waals surface area contributed by atoms with Gasteiger partial charge in [0.05, 0.1) is 0 Å². The molecule has 26 heavy (non-hydrogen) atoms. The Morgan fingerprint density at radius 1 is 0.538 bits per heavy atom. The van der Waals surface area contributed by atoms with Crippen LogP contribution in [-0.2, 0) is 0 Å². The maximum absolute atomic E-state index is 2.98. The monoisotopic (exact) mass is 393 g/mol. The Labute approximate surface area is 167 Å². The van der Waals surface area contributed by atoms with Crippen LogP contribution in [0, 0.1) is 0 Å². The van der Waals surface area contributed by atoms with Gasteiger partial charge in [-0.2, -0.15) is 0 Å². The Bertz CT molecular complexity index is 467. The smallest absolute Gasteiger partial charge is 0.332 e. The summed E-state index contributed by atoms with van der Waals surface area (Å²) in [5, 5.41) is 3.24. The highest BCUT2D eigenvalue weighted by molar-refractivity contribution is 7.17. The highest BCUT2D eigenvalue weighted by Gasteiger charge is 2.60. The predicted octanol–water partition coefficient (Wildman–Crippen LogP) is 1.64. The normalized spacial score (nSPS) is 16.0. The van der Waals surface area contributed by atoms with Crippen LogP contribution in [0.1, 0.15) is 0 Å². The van der Waals surface area contributed by atoms with Crippen molar-refractivity contribution in [3.63, 3.8) is 0 Å². The zero-order chi connectivity index (χ0) is 20.8. The van der Waals surface area contributed by atoms with Crippen LogP contribution in [0.25, 0.3) is 0 Å². The van der Waals surface area contributed by atoms with E-state index in [1.54, 1.807) is 10.7 Å². The minimum Gasteiger partial charge on any atom is -0.381 e. The van der Waals surface area contributed by atoms with E-state index < -0.39 is 16.5 Å². The van der Waals surface area contributed by atoms with Gasteiger partial charge in [0.1, 0.15) is 16.5 Å². The van der Waals surface area contributed by atoms with Gasteiger partial charge in [0.15, 0.2) is 0 Å². The summed E-state index contributed by atoms with van der Waals surface area (Å²) in [5.41, 5.74) is 0. The lowest BCUT2D eigenvalue weighted by Crippen LogP contribution is -2.65. The number of hydrogen-bond acceptors (Lipinski definition) is 5. The average Bonchev–Trinajstić information content (AvgIpc) is 2.97. The summed E-state index contributed by atoms with van der Waals surface area (Å²) in [7, 11) is 14.7. The van der Waals surface area contributed by atoms with E-state index in [-0.39, 0.29) is 0 Å². The molecule has 0 radical (unpaired) electrons. The minimum absolute atomic E-state index is 0.354. The molecule has 1 rings (SSSR count). The Kier molecular flexibility index (Phi) is 7.70. The second-order valence-electron chi connectivity index (χ2n) is 10.6. The zero-order valence-electron chi connectivity index (χ0n) is 20.0. The fourth-order valence-corrected chi connectivity index (χ4v) is 15.1. The molecule has 0 saturated heterocycles. The van der Waals surface area contributed by atoms with Gasteiger partial charge in [-0.3, -0.25) is 0 Å². The molecule has 0 aromatic carbocycles. The summed E-state index contributed by atoms with van der Waals surface area (Å²) in [6, 6.07) is 0. The molecule has 0 amide bonds. The van der Waals surface area contributed by atoms with Crippen LogP contribution in [0.15, 0.2) is 10.7 Å². The lowest BCUT2D eigenvalue weighted by molar-refractivity contribution is 0.525. The fraction of sp³-hybridized carbons (Fsp3) is 0.875. The van der Waals surface area contributed by atoms with E-state index in [1.807, 2.05) is 0 Å². The molecule has 0 atom stereocenters. The molecule has 0 spiro atoms. The second kappa shape index (κ2) is 8.27. The first-order valence-corrected chi connectivity index (χ1v) is 16.6. The van der Waals surface area contributed by atoms with Gasteiger partial charge in [-0.05, 0) is 56.4 Å². The predicted molar refractivity (Wildman–Crippen MR) is 128 cm³/mol. The molecule has 10 heteroatoms. The first-order valence-electron chi connectivity index (χ1n) is 9.72. The summed E-state index contributed by atoms with van der Waals surface area (Å²) < 4.78 is 2.98. The van der Waals surface area contributed by atoms with E-state index in [2.05, 4.69) is 119 Å². The molecule has 0 bridgehead atoms. The van der Waals surface area contributed by atoms with E-state index in [9.17, 15) is 0 Å². The lowest BCUT2D eigenvalue weighted by atomic mass is 9.52. The van der Waals surface area contributed by atoms with Crippen molar-refractivity contribution < 1.29 is 0 Å². The van der Waals surface area contributed by atoms with Crippen LogP contribution in [0.4, 0.5) is 0 Å². The van der Waals surface area contributed by atoms with Crippen molar-refractivity contribution in [1.29, 1.82) is 0 Å². The SMILES string of the molecule is CN(C)B(C1=C(B(N(C)C)N(C)C)B1N([Si](C)(C)C)[Si](C)(C)C)N(C)C. The van der Waals surface area contributed by atoms with Crippen LogP contribution in [0.5, 0.6) is 0 Å². The Hall–Kier alpha value is 0.169. The number of nitrogens with zero attached hydrogens (tertiary/aromatic N) is 5. The Morgan fingerprint density at radius 2 is 0.769 bits per heavy atom. The highest BCUT2D eigenvalue weighted by atomic mass is 28.4. The summed E-state index contributed by atoms with van der Waals surface area (Å²) >= 11 is 0. The molecule has 5 nitrogen and oxygen atoms in total. The van der Waals surface area contributed by atoms with Crippen molar-refractivity contribution in [2.45, 2.75) is 39.3 Å². The second-order valence-corrected chi connectivity index (χ2v) is 20.7. The van der Waals surface area contributed by atoms with Crippen molar-refractivity contribution in [1.82, 2.24) is 23.4 Å². The van der Waals surface area contributed by atoms with Crippen LogP contribution in [-0.4, -0.2) is 117 Å². The van der Waals surface area contributed by atoms with Gasteiger partial charge >= 0.3 is 14.0 Å². The number of hydrogen-bond donors (Lipinski definition) is 0. The molecule has 0 saturated carbocycles. The van der Waals surface area contributed by atoms with Crippen molar-refractivity contribution in [2.24, 2.45) is 0 Å². The van der Waals surface area contributed by atoms with E-state index in [0.717, 1.165) is 0 Å². The van der Waals surface area contributed by atoms with E-state index in [0.29, 0.717) is 20.8 Å². The highest BCUT2D eigenvalue weighted by Crippen LogP contribution is 2.42. The molecular weight excluding hydrogens is 351 g/mol. The van der Waals surface area contributed by atoms with Crippen molar-refractivity contribution >= 4 is 37.3 Å². The topological polar surface area (TPSA) is 16.2 Å². The van der Waals surface area contributed by atoms with Gasteiger partial charge in [0.25, 0.3) is 6.85 Å². The van der Waals surface area contributed by atoms with Gasteiger partial charge in [-0.1, -0.05) is 50.0 Å². The molecule has 0 unspecified atom stereocenters. The first kappa shape index (κ1) is 24.2. The standard InChI is InChI=1S/C16H42B3N5Si2/c1-20(2)18(21(3)4)15-16(19(22(5)6)23(7)8)17(15)24(25(9,10)11)26(12,13)14/h1-14H3. The van der Waals surface area contributed by atoms with Gasteiger partial charge < -0.3 is 23.4 Å². The molecule has 0 aliphatic carbocycles. The average molecular weight is 393 g/mol. The molecular formula is C16H42B3N5Si2. The zero-order valence-corrected chi connectivity index (χ0v) is 22.0. The van der Waals surface area contributed by atoms with E-state index in [1.165, 1.54) is 0 Å². The largest absolute Gasteiger partial charge is 0.381 e.